The number of carbonyl (C=O) groups excluding carboxylic acids is 2. The number of carbonyl (C=O) groups is 2. The third-order valence-corrected chi connectivity index (χ3v) is 3.70. The maximum Gasteiger partial charge on any atom is 0.410 e. The predicted octanol–water partition coefficient (Wildman–Crippen LogP) is 1.18. The van der Waals surface area contributed by atoms with Crippen LogP contribution in [0, 0.1) is 0 Å². The zero-order chi connectivity index (χ0) is 17.8. The molecule has 24 heavy (non-hydrogen) atoms. The third-order valence-electron chi connectivity index (χ3n) is 3.70. The number of aromatic amines is 1. The number of hydrogen-bond acceptors (Lipinski definition) is 5. The van der Waals surface area contributed by atoms with Crippen molar-refractivity contribution in [3.05, 3.63) is 18.2 Å². The number of H-pyrrole nitrogens is 1. The van der Waals surface area contributed by atoms with Gasteiger partial charge in [0.15, 0.2) is 0 Å². The van der Waals surface area contributed by atoms with E-state index in [9.17, 15) is 14.7 Å². The SMILES string of the molecule is CC(C)(C)OC(=O)N1CCCC(O)(CC(=O)NCc2ncc[nH]2)C1. The van der Waals surface area contributed by atoms with Crippen molar-refractivity contribution in [3.8, 4) is 0 Å². The number of likely N-dealkylation sites (tertiary alicyclic amines) is 1. The van der Waals surface area contributed by atoms with E-state index in [4.69, 9.17) is 4.74 Å². The molecule has 2 amide bonds. The smallest absolute Gasteiger partial charge is 0.410 e. The van der Waals surface area contributed by atoms with Gasteiger partial charge >= 0.3 is 6.09 Å². The first-order valence-corrected chi connectivity index (χ1v) is 8.12. The summed E-state index contributed by atoms with van der Waals surface area (Å²) in [6, 6.07) is 0. The summed E-state index contributed by atoms with van der Waals surface area (Å²) in [6.45, 7) is 6.27. The van der Waals surface area contributed by atoms with Gasteiger partial charge in [-0.3, -0.25) is 4.79 Å². The standard InChI is InChI=1S/C16H26N4O4/c1-15(2,3)24-14(22)20-8-4-5-16(23,11-20)9-13(21)19-10-12-17-6-7-18-12/h6-7,23H,4-5,8-11H2,1-3H3,(H,17,18)(H,19,21). The summed E-state index contributed by atoms with van der Waals surface area (Å²) in [5.41, 5.74) is -1.82. The maximum atomic E-state index is 12.1. The van der Waals surface area contributed by atoms with Crippen LogP contribution in [0.2, 0.25) is 0 Å². The Balaban J connectivity index is 1.86. The number of amides is 2. The lowest BCUT2D eigenvalue weighted by Gasteiger charge is -2.39. The van der Waals surface area contributed by atoms with Crippen LogP contribution < -0.4 is 5.32 Å². The molecule has 0 radical (unpaired) electrons. The first-order valence-electron chi connectivity index (χ1n) is 8.12. The van der Waals surface area contributed by atoms with Gasteiger partial charge in [0.2, 0.25) is 5.91 Å². The van der Waals surface area contributed by atoms with Crippen molar-refractivity contribution < 1.29 is 19.4 Å². The molecule has 1 aliphatic rings. The number of ether oxygens (including phenoxy) is 1. The van der Waals surface area contributed by atoms with E-state index < -0.39 is 17.3 Å². The van der Waals surface area contributed by atoms with Crippen molar-refractivity contribution in [2.45, 2.75) is 57.8 Å². The molecule has 1 atom stereocenters. The van der Waals surface area contributed by atoms with Gasteiger partial charge in [0.25, 0.3) is 0 Å². The molecule has 0 bridgehead atoms. The Hall–Kier alpha value is -2.09. The van der Waals surface area contributed by atoms with Crippen LogP contribution in [0.5, 0.6) is 0 Å². The second-order valence-electron chi connectivity index (χ2n) is 7.22. The van der Waals surface area contributed by atoms with E-state index in [0.29, 0.717) is 25.2 Å². The lowest BCUT2D eigenvalue weighted by atomic mass is 9.89. The molecule has 8 nitrogen and oxygen atoms in total. The summed E-state index contributed by atoms with van der Waals surface area (Å²) in [5.74, 6) is 0.370. The van der Waals surface area contributed by atoms with E-state index in [1.54, 1.807) is 33.2 Å². The van der Waals surface area contributed by atoms with Gasteiger partial charge in [-0.05, 0) is 33.6 Å². The lowest BCUT2D eigenvalue weighted by molar-refractivity contribution is -0.129. The topological polar surface area (TPSA) is 108 Å². The summed E-state index contributed by atoms with van der Waals surface area (Å²) >= 11 is 0. The maximum absolute atomic E-state index is 12.1. The van der Waals surface area contributed by atoms with Crippen LogP contribution in [-0.2, 0) is 16.1 Å². The number of hydrogen-bond donors (Lipinski definition) is 3. The normalized spacial score (nSPS) is 21.4. The number of aromatic nitrogens is 2. The van der Waals surface area contributed by atoms with Crippen LogP contribution in [0.4, 0.5) is 4.79 Å². The van der Waals surface area contributed by atoms with Gasteiger partial charge in [-0.15, -0.1) is 0 Å². The summed E-state index contributed by atoms with van der Waals surface area (Å²) in [7, 11) is 0. The van der Waals surface area contributed by atoms with E-state index in [1.165, 1.54) is 4.90 Å². The molecule has 0 spiro atoms. The minimum atomic E-state index is -1.23. The molecule has 2 rings (SSSR count). The molecule has 1 aromatic rings. The fraction of sp³-hybridized carbons (Fsp3) is 0.688. The van der Waals surface area contributed by atoms with Gasteiger partial charge in [0, 0.05) is 18.9 Å². The highest BCUT2D eigenvalue weighted by Gasteiger charge is 2.38. The minimum absolute atomic E-state index is 0.0625. The number of imidazole rings is 1. The second-order valence-corrected chi connectivity index (χ2v) is 7.22. The number of nitrogens with one attached hydrogen (secondary N) is 2. The van der Waals surface area contributed by atoms with Gasteiger partial charge in [0.05, 0.1) is 25.1 Å². The van der Waals surface area contributed by atoms with Gasteiger partial charge in [-0.1, -0.05) is 0 Å². The highest BCUT2D eigenvalue weighted by Crippen LogP contribution is 2.25. The number of nitrogens with zero attached hydrogens (tertiary/aromatic N) is 2. The molecule has 8 heteroatoms. The van der Waals surface area contributed by atoms with Crippen molar-refractivity contribution in [1.82, 2.24) is 20.2 Å². The molecule has 0 saturated carbocycles. The van der Waals surface area contributed by atoms with Gasteiger partial charge < -0.3 is 25.0 Å². The Morgan fingerprint density at radius 3 is 2.88 bits per heavy atom. The molecule has 134 valence electrons. The summed E-state index contributed by atoms with van der Waals surface area (Å²) < 4.78 is 5.33. The summed E-state index contributed by atoms with van der Waals surface area (Å²) in [4.78, 5) is 32.6. The second kappa shape index (κ2) is 7.21. The van der Waals surface area contributed by atoms with Gasteiger partial charge in [-0.2, -0.15) is 0 Å². The van der Waals surface area contributed by atoms with Crippen molar-refractivity contribution in [3.63, 3.8) is 0 Å². The summed E-state index contributed by atoms with van der Waals surface area (Å²) in [6.07, 6.45) is 3.86. The Labute approximate surface area is 141 Å². The fourth-order valence-corrected chi connectivity index (χ4v) is 2.68. The molecular weight excluding hydrogens is 312 g/mol. The predicted molar refractivity (Wildman–Crippen MR) is 87.0 cm³/mol. The first kappa shape index (κ1) is 18.3. The lowest BCUT2D eigenvalue weighted by Crippen LogP contribution is -2.53. The highest BCUT2D eigenvalue weighted by atomic mass is 16.6. The van der Waals surface area contributed by atoms with E-state index in [-0.39, 0.29) is 25.4 Å². The fourth-order valence-electron chi connectivity index (χ4n) is 2.68. The van der Waals surface area contributed by atoms with E-state index in [2.05, 4.69) is 15.3 Å². The molecule has 2 heterocycles. The first-order chi connectivity index (χ1) is 11.2. The van der Waals surface area contributed by atoms with Gasteiger partial charge in [-0.25, -0.2) is 9.78 Å². The average Bonchev–Trinajstić information content (AvgIpc) is 2.96. The van der Waals surface area contributed by atoms with Crippen LogP contribution in [0.15, 0.2) is 12.4 Å². The third kappa shape index (κ3) is 5.52. The van der Waals surface area contributed by atoms with Crippen molar-refractivity contribution in [1.29, 1.82) is 0 Å². The van der Waals surface area contributed by atoms with E-state index >= 15 is 0 Å². The molecule has 1 fully saturated rings. The van der Waals surface area contributed by atoms with E-state index in [0.717, 1.165) is 0 Å². The molecule has 1 aromatic heterocycles. The summed E-state index contributed by atoms with van der Waals surface area (Å²) in [5, 5.41) is 13.4. The van der Waals surface area contributed by atoms with Gasteiger partial charge in [0.1, 0.15) is 11.4 Å². The van der Waals surface area contributed by atoms with Crippen LogP contribution in [0.3, 0.4) is 0 Å². The molecule has 1 unspecified atom stereocenters. The van der Waals surface area contributed by atoms with Crippen LogP contribution in [-0.4, -0.2) is 56.3 Å². The average molecular weight is 338 g/mol. The highest BCUT2D eigenvalue weighted by molar-refractivity contribution is 5.77. The molecule has 1 aliphatic heterocycles. The molecular formula is C16H26N4O4. The largest absolute Gasteiger partial charge is 0.444 e. The van der Waals surface area contributed by atoms with E-state index in [1.807, 2.05) is 0 Å². The Kier molecular flexibility index (Phi) is 5.48. The Morgan fingerprint density at radius 1 is 1.50 bits per heavy atom. The van der Waals surface area contributed by atoms with Crippen molar-refractivity contribution in [2.75, 3.05) is 13.1 Å². The monoisotopic (exact) mass is 338 g/mol. The van der Waals surface area contributed by atoms with Crippen LogP contribution >= 0.6 is 0 Å². The quantitative estimate of drug-likeness (QED) is 0.764. The number of rotatable bonds is 4. The number of piperidine rings is 1. The van der Waals surface area contributed by atoms with Crippen molar-refractivity contribution in [2.24, 2.45) is 0 Å². The van der Waals surface area contributed by atoms with Crippen molar-refractivity contribution >= 4 is 12.0 Å². The minimum Gasteiger partial charge on any atom is -0.444 e. The Morgan fingerprint density at radius 2 is 2.25 bits per heavy atom. The zero-order valence-electron chi connectivity index (χ0n) is 14.5. The molecule has 1 saturated heterocycles. The van der Waals surface area contributed by atoms with Crippen LogP contribution in [0.1, 0.15) is 45.9 Å². The molecule has 3 N–H and O–H groups in total. The zero-order valence-corrected chi connectivity index (χ0v) is 14.5. The number of β-amino-alcohol motifs (C(OH)–C–C–N with tert-alkyl or cyclic N) is 1. The number of aliphatic hydroxyl groups is 1. The Bertz CT molecular complexity index is 567. The van der Waals surface area contributed by atoms with Crippen LogP contribution in [0.25, 0.3) is 0 Å². The molecule has 0 aromatic carbocycles. The molecule has 0 aliphatic carbocycles.